The zero-order chi connectivity index (χ0) is 21.5. The van der Waals surface area contributed by atoms with Crippen LogP contribution in [0.15, 0.2) is 23.6 Å². The van der Waals surface area contributed by atoms with Crippen LogP contribution in [0.1, 0.15) is 65.8 Å². The Morgan fingerprint density at radius 3 is 2.87 bits per heavy atom. The van der Waals surface area contributed by atoms with Crippen molar-refractivity contribution in [2.24, 2.45) is 11.1 Å². The van der Waals surface area contributed by atoms with E-state index >= 15 is 0 Å². The van der Waals surface area contributed by atoms with Crippen molar-refractivity contribution in [3.8, 4) is 0 Å². The molecule has 0 bridgehead atoms. The molecule has 1 aliphatic carbocycles. The molecule has 2 amide bonds. The van der Waals surface area contributed by atoms with Crippen LogP contribution < -0.4 is 5.73 Å². The Morgan fingerprint density at radius 2 is 2.17 bits per heavy atom. The Labute approximate surface area is 179 Å². The van der Waals surface area contributed by atoms with Gasteiger partial charge >= 0.3 is 0 Å². The molecule has 0 spiro atoms. The monoisotopic (exact) mass is 426 g/mol. The van der Waals surface area contributed by atoms with Gasteiger partial charge in [-0.15, -0.1) is 11.3 Å². The molecule has 1 aliphatic heterocycles. The Kier molecular flexibility index (Phi) is 5.36. The first-order valence-electron chi connectivity index (χ1n) is 10.2. The lowest BCUT2D eigenvalue weighted by Crippen LogP contribution is -2.32. The van der Waals surface area contributed by atoms with E-state index in [-0.39, 0.29) is 29.7 Å². The first-order chi connectivity index (χ1) is 14.2. The molecule has 4 rings (SSSR count). The summed E-state index contributed by atoms with van der Waals surface area (Å²) < 4.78 is 1.58. The van der Waals surface area contributed by atoms with Gasteiger partial charge in [-0.05, 0) is 42.2 Å². The van der Waals surface area contributed by atoms with Crippen molar-refractivity contribution in [2.45, 2.75) is 52.1 Å². The molecule has 2 aliphatic rings. The van der Waals surface area contributed by atoms with Crippen molar-refractivity contribution < 1.29 is 14.4 Å². The van der Waals surface area contributed by atoms with E-state index in [1.165, 1.54) is 0 Å². The number of fused-ring (bicyclic) bond motifs is 1. The SMILES string of the molecule is CC1(C)CC(=O)c2c([C@@H]3CCCN3C(=O)/C=C/c3cccs3)nn(CC(N)=O)c2C1. The standard InChI is InChI=1S/C22H26N4O3S/c1-22(2)11-16-20(17(27)12-22)21(24-26(16)13-18(23)28)15-6-3-9-25(15)19(29)8-7-14-5-4-10-30-14/h4-5,7-8,10,15H,3,6,9,11-13H2,1-2H3,(H2,23,28)/b8-7+/t15-/m0/s1. The van der Waals surface area contributed by atoms with E-state index in [1.807, 2.05) is 37.4 Å². The van der Waals surface area contributed by atoms with Gasteiger partial charge in [-0.2, -0.15) is 5.10 Å². The van der Waals surface area contributed by atoms with Crippen LogP contribution in [0.25, 0.3) is 6.08 Å². The highest BCUT2D eigenvalue weighted by Gasteiger charge is 2.41. The minimum atomic E-state index is -0.499. The fourth-order valence-corrected chi connectivity index (χ4v) is 5.12. The van der Waals surface area contributed by atoms with Gasteiger partial charge in [0, 0.05) is 23.9 Å². The van der Waals surface area contributed by atoms with Crippen molar-refractivity contribution in [2.75, 3.05) is 6.54 Å². The normalized spacial score (nSPS) is 20.7. The first kappa shape index (κ1) is 20.5. The summed E-state index contributed by atoms with van der Waals surface area (Å²) in [4.78, 5) is 40.4. The number of aromatic nitrogens is 2. The summed E-state index contributed by atoms with van der Waals surface area (Å²) in [5.41, 5.74) is 7.18. The second-order valence-electron chi connectivity index (χ2n) is 8.81. The molecule has 0 unspecified atom stereocenters. The largest absolute Gasteiger partial charge is 0.368 e. The molecule has 7 nitrogen and oxygen atoms in total. The second kappa shape index (κ2) is 7.83. The smallest absolute Gasteiger partial charge is 0.247 e. The summed E-state index contributed by atoms with van der Waals surface area (Å²) in [7, 11) is 0. The maximum absolute atomic E-state index is 13.0. The molecule has 0 saturated carbocycles. The number of Topliss-reactive ketones (excluding diaryl/α,β-unsaturated/α-hetero) is 1. The van der Waals surface area contributed by atoms with Gasteiger partial charge in [0.05, 0.1) is 23.0 Å². The van der Waals surface area contributed by atoms with Crippen LogP contribution in [0.3, 0.4) is 0 Å². The zero-order valence-electron chi connectivity index (χ0n) is 17.3. The van der Waals surface area contributed by atoms with Crippen molar-refractivity contribution in [1.29, 1.82) is 0 Å². The number of amides is 2. The predicted octanol–water partition coefficient (Wildman–Crippen LogP) is 2.96. The summed E-state index contributed by atoms with van der Waals surface area (Å²) >= 11 is 1.57. The van der Waals surface area contributed by atoms with Crippen molar-refractivity contribution in [1.82, 2.24) is 14.7 Å². The molecule has 30 heavy (non-hydrogen) atoms. The summed E-state index contributed by atoms with van der Waals surface area (Å²) in [6, 6.07) is 3.63. The number of hydrogen-bond donors (Lipinski definition) is 1. The first-order valence-corrected chi connectivity index (χ1v) is 11.1. The van der Waals surface area contributed by atoms with E-state index in [2.05, 4.69) is 5.10 Å². The van der Waals surface area contributed by atoms with Crippen LogP contribution in [-0.4, -0.2) is 38.8 Å². The summed E-state index contributed by atoms with van der Waals surface area (Å²) in [6.45, 7) is 4.63. The van der Waals surface area contributed by atoms with E-state index in [0.29, 0.717) is 30.6 Å². The van der Waals surface area contributed by atoms with Gasteiger partial charge in [0.2, 0.25) is 11.8 Å². The maximum atomic E-state index is 13.0. The summed E-state index contributed by atoms with van der Waals surface area (Å²) in [5, 5.41) is 6.62. The van der Waals surface area contributed by atoms with Crippen LogP contribution in [0.5, 0.6) is 0 Å². The van der Waals surface area contributed by atoms with Gasteiger partial charge in [0.1, 0.15) is 6.54 Å². The molecule has 1 fully saturated rings. The number of nitrogens with two attached hydrogens (primary N) is 1. The number of likely N-dealkylation sites (tertiary alicyclic amines) is 1. The fraction of sp³-hybridized carbons (Fsp3) is 0.455. The minimum absolute atomic E-state index is 0.0281. The maximum Gasteiger partial charge on any atom is 0.247 e. The highest BCUT2D eigenvalue weighted by molar-refractivity contribution is 7.10. The number of carbonyl (C=O) groups is 3. The number of carbonyl (C=O) groups excluding carboxylic acids is 3. The van der Waals surface area contributed by atoms with Gasteiger partial charge < -0.3 is 10.6 Å². The molecule has 8 heteroatoms. The molecule has 2 N–H and O–H groups in total. The number of ketones is 1. The quantitative estimate of drug-likeness (QED) is 0.743. The van der Waals surface area contributed by atoms with E-state index in [0.717, 1.165) is 23.4 Å². The molecular weight excluding hydrogens is 400 g/mol. The van der Waals surface area contributed by atoms with Crippen LogP contribution in [-0.2, 0) is 22.6 Å². The second-order valence-corrected chi connectivity index (χ2v) is 9.79. The third kappa shape index (κ3) is 3.96. The Bertz CT molecular complexity index is 1020. The highest BCUT2D eigenvalue weighted by Crippen LogP contribution is 2.41. The fourth-order valence-electron chi connectivity index (χ4n) is 4.50. The van der Waals surface area contributed by atoms with Crippen LogP contribution in [0.2, 0.25) is 0 Å². The third-order valence-electron chi connectivity index (χ3n) is 5.74. The van der Waals surface area contributed by atoms with E-state index < -0.39 is 5.91 Å². The summed E-state index contributed by atoms with van der Waals surface area (Å²) in [6.07, 6.45) is 6.07. The summed E-state index contributed by atoms with van der Waals surface area (Å²) in [5.74, 6) is -0.561. The Morgan fingerprint density at radius 1 is 1.37 bits per heavy atom. The van der Waals surface area contributed by atoms with Gasteiger partial charge in [0.15, 0.2) is 5.78 Å². The van der Waals surface area contributed by atoms with Gasteiger partial charge in [-0.3, -0.25) is 19.1 Å². The Hall–Kier alpha value is -2.74. The van der Waals surface area contributed by atoms with Gasteiger partial charge in [-0.25, -0.2) is 0 Å². The van der Waals surface area contributed by atoms with E-state index in [1.54, 1.807) is 27.0 Å². The lowest BCUT2D eigenvalue weighted by Gasteiger charge is -2.30. The van der Waals surface area contributed by atoms with Crippen LogP contribution >= 0.6 is 11.3 Å². The highest BCUT2D eigenvalue weighted by atomic mass is 32.1. The zero-order valence-corrected chi connectivity index (χ0v) is 18.1. The molecular formula is C22H26N4O3S. The topological polar surface area (TPSA) is 98.3 Å². The molecule has 158 valence electrons. The lowest BCUT2D eigenvalue weighted by atomic mass is 9.75. The lowest BCUT2D eigenvalue weighted by molar-refractivity contribution is -0.127. The Balaban J connectivity index is 1.69. The van der Waals surface area contributed by atoms with Gasteiger partial charge in [-0.1, -0.05) is 19.9 Å². The van der Waals surface area contributed by atoms with Crippen molar-refractivity contribution >= 4 is 35.0 Å². The molecule has 0 aromatic carbocycles. The molecule has 1 atom stereocenters. The minimum Gasteiger partial charge on any atom is -0.368 e. The molecule has 1 saturated heterocycles. The molecule has 2 aromatic rings. The number of nitrogens with zero attached hydrogens (tertiary/aromatic N) is 3. The van der Waals surface area contributed by atoms with Crippen LogP contribution in [0, 0.1) is 5.41 Å². The van der Waals surface area contributed by atoms with E-state index in [9.17, 15) is 14.4 Å². The van der Waals surface area contributed by atoms with Gasteiger partial charge in [0.25, 0.3) is 0 Å². The number of rotatable bonds is 5. The number of thiophene rings is 1. The molecule has 2 aromatic heterocycles. The number of hydrogen-bond acceptors (Lipinski definition) is 5. The predicted molar refractivity (Wildman–Crippen MR) is 115 cm³/mol. The molecule has 3 heterocycles. The molecule has 0 radical (unpaired) electrons. The van der Waals surface area contributed by atoms with E-state index in [4.69, 9.17) is 5.73 Å². The van der Waals surface area contributed by atoms with Crippen molar-refractivity contribution in [3.63, 3.8) is 0 Å². The van der Waals surface area contributed by atoms with Crippen molar-refractivity contribution in [3.05, 3.63) is 45.4 Å². The average Bonchev–Trinajstić information content (AvgIpc) is 3.38. The van der Waals surface area contributed by atoms with Crippen LogP contribution in [0.4, 0.5) is 0 Å². The third-order valence-corrected chi connectivity index (χ3v) is 6.58. The average molecular weight is 427 g/mol. The number of primary amides is 1.